The first-order chi connectivity index (χ1) is 13.6. The van der Waals surface area contributed by atoms with Gasteiger partial charge in [-0.3, -0.25) is 18.6 Å². The number of rotatable bonds is 4. The molecule has 0 aliphatic carbocycles. The van der Waals surface area contributed by atoms with Gasteiger partial charge in [0.15, 0.2) is 16.7 Å². The lowest BCUT2D eigenvalue weighted by molar-refractivity contribution is -0.113. The maximum Gasteiger partial charge on any atom is 0.272 e. The zero-order chi connectivity index (χ0) is 19.3. The summed E-state index contributed by atoms with van der Waals surface area (Å²) < 4.78 is 14.5. The van der Waals surface area contributed by atoms with E-state index in [9.17, 15) is 9.59 Å². The van der Waals surface area contributed by atoms with Gasteiger partial charge in [0, 0.05) is 18.8 Å². The van der Waals surface area contributed by atoms with Crippen LogP contribution in [0.15, 0.2) is 39.6 Å². The van der Waals surface area contributed by atoms with E-state index in [1.165, 1.54) is 27.7 Å². The minimum atomic E-state index is -0.188. The molecule has 1 amide bonds. The molecular weight excluding hydrogens is 402 g/mol. The van der Waals surface area contributed by atoms with Gasteiger partial charge in [-0.1, -0.05) is 11.8 Å². The minimum absolute atomic E-state index is 0.109. The molecule has 1 aromatic carbocycles. The fourth-order valence-corrected chi connectivity index (χ4v) is 4.56. The number of anilines is 1. The van der Waals surface area contributed by atoms with E-state index >= 15 is 0 Å². The highest BCUT2D eigenvalue weighted by Crippen LogP contribution is 2.34. The van der Waals surface area contributed by atoms with Crippen LogP contribution in [0.3, 0.4) is 0 Å². The summed E-state index contributed by atoms with van der Waals surface area (Å²) in [5.41, 5.74) is 1.26. The third-order valence-electron chi connectivity index (χ3n) is 4.29. The van der Waals surface area contributed by atoms with E-state index in [4.69, 9.17) is 9.47 Å². The number of benzene rings is 1. The number of thiophene rings is 1. The Labute approximate surface area is 165 Å². The molecule has 142 valence electrons. The van der Waals surface area contributed by atoms with Crippen LogP contribution >= 0.6 is 23.1 Å². The normalized spacial score (nSPS) is 12.8. The number of nitrogens with one attached hydrogen (secondary N) is 1. The summed E-state index contributed by atoms with van der Waals surface area (Å²) in [7, 11) is 1.66. The molecule has 9 nitrogen and oxygen atoms in total. The van der Waals surface area contributed by atoms with Gasteiger partial charge in [-0.25, -0.2) is 0 Å². The number of hydrogen-bond acceptors (Lipinski definition) is 8. The van der Waals surface area contributed by atoms with Crippen LogP contribution in [0, 0.1) is 0 Å². The Hall–Kier alpha value is -3.05. The molecule has 0 saturated heterocycles. The lowest BCUT2D eigenvalue weighted by atomic mass is 10.3. The zero-order valence-corrected chi connectivity index (χ0v) is 16.2. The highest BCUT2D eigenvalue weighted by molar-refractivity contribution is 7.99. The molecule has 11 heteroatoms. The number of thioether (sulfide) groups is 1. The van der Waals surface area contributed by atoms with Crippen molar-refractivity contribution >= 4 is 50.7 Å². The maximum absolute atomic E-state index is 12.4. The quantitative estimate of drug-likeness (QED) is 0.510. The van der Waals surface area contributed by atoms with Crippen molar-refractivity contribution < 1.29 is 14.3 Å². The molecule has 0 atom stereocenters. The fraction of sp³-hybridized carbons (Fsp3) is 0.176. The SMILES string of the molecule is Cn1c(=O)c2sccc2n2c(SCC(=O)Nc3ccc4c(c3)OCO4)nnc12. The van der Waals surface area contributed by atoms with Crippen LogP contribution in [-0.2, 0) is 11.8 Å². The van der Waals surface area contributed by atoms with E-state index in [-0.39, 0.29) is 24.0 Å². The van der Waals surface area contributed by atoms with Crippen LogP contribution in [-0.4, -0.2) is 37.6 Å². The van der Waals surface area contributed by atoms with Crippen molar-refractivity contribution in [1.29, 1.82) is 0 Å². The summed E-state index contributed by atoms with van der Waals surface area (Å²) >= 11 is 2.62. The second kappa shape index (κ2) is 6.53. The first-order valence-corrected chi connectivity index (χ1v) is 10.1. The van der Waals surface area contributed by atoms with Crippen molar-refractivity contribution in [2.45, 2.75) is 5.16 Å². The molecule has 0 saturated carbocycles. The molecule has 5 rings (SSSR count). The van der Waals surface area contributed by atoms with Crippen LogP contribution in [0.2, 0.25) is 0 Å². The molecule has 28 heavy (non-hydrogen) atoms. The molecule has 3 aromatic heterocycles. The third kappa shape index (κ3) is 2.70. The third-order valence-corrected chi connectivity index (χ3v) is 6.11. The predicted octanol–water partition coefficient (Wildman–Crippen LogP) is 2.10. The van der Waals surface area contributed by atoms with Crippen molar-refractivity contribution in [2.24, 2.45) is 7.05 Å². The zero-order valence-electron chi connectivity index (χ0n) is 14.5. The summed E-state index contributed by atoms with van der Waals surface area (Å²) in [5.74, 6) is 1.66. The first-order valence-electron chi connectivity index (χ1n) is 8.25. The number of nitrogens with zero attached hydrogens (tertiary/aromatic N) is 4. The van der Waals surface area contributed by atoms with Crippen molar-refractivity contribution in [3.8, 4) is 11.5 Å². The Kier molecular flexibility index (Phi) is 3.98. The molecule has 0 spiro atoms. The summed E-state index contributed by atoms with van der Waals surface area (Å²) in [4.78, 5) is 24.7. The smallest absolute Gasteiger partial charge is 0.272 e. The van der Waals surface area contributed by atoms with E-state index in [1.54, 1.807) is 29.6 Å². The van der Waals surface area contributed by atoms with Gasteiger partial charge in [0.2, 0.25) is 18.5 Å². The Morgan fingerprint density at radius 3 is 3.04 bits per heavy atom. The molecule has 0 fully saturated rings. The standard InChI is InChI=1S/C17H13N5O4S2/c1-21-15(24)14-10(4-5-27-14)22-16(21)19-20-17(22)28-7-13(23)18-9-2-3-11-12(6-9)26-8-25-11/h2-6H,7-8H2,1H3,(H,18,23). The van der Waals surface area contributed by atoms with Crippen LogP contribution < -0.4 is 20.3 Å². The molecule has 4 heterocycles. The second-order valence-corrected chi connectivity index (χ2v) is 7.88. The van der Waals surface area contributed by atoms with Gasteiger partial charge in [0.25, 0.3) is 5.56 Å². The highest BCUT2D eigenvalue weighted by Gasteiger charge is 2.18. The summed E-state index contributed by atoms with van der Waals surface area (Å²) in [6.45, 7) is 0.183. The van der Waals surface area contributed by atoms with Crippen LogP contribution in [0.1, 0.15) is 0 Å². The maximum atomic E-state index is 12.4. The summed E-state index contributed by atoms with van der Waals surface area (Å²) in [6, 6.07) is 7.09. The molecule has 1 aliphatic rings. The molecule has 1 N–H and O–H groups in total. The van der Waals surface area contributed by atoms with Crippen molar-refractivity contribution in [2.75, 3.05) is 17.9 Å². The van der Waals surface area contributed by atoms with Gasteiger partial charge in [-0.2, -0.15) is 0 Å². The van der Waals surface area contributed by atoms with Gasteiger partial charge in [-0.15, -0.1) is 21.5 Å². The number of fused-ring (bicyclic) bond motifs is 4. The topological polar surface area (TPSA) is 99.8 Å². The van der Waals surface area contributed by atoms with Crippen LogP contribution in [0.4, 0.5) is 5.69 Å². The number of carbonyl (C=O) groups excluding carboxylic acids is 1. The van der Waals surface area contributed by atoms with E-state index in [2.05, 4.69) is 15.5 Å². The van der Waals surface area contributed by atoms with Crippen molar-refractivity contribution in [3.63, 3.8) is 0 Å². The lowest BCUT2D eigenvalue weighted by Crippen LogP contribution is -2.19. The van der Waals surface area contributed by atoms with Crippen molar-refractivity contribution in [1.82, 2.24) is 19.2 Å². The van der Waals surface area contributed by atoms with Crippen molar-refractivity contribution in [3.05, 3.63) is 40.0 Å². The predicted molar refractivity (Wildman–Crippen MR) is 106 cm³/mol. The van der Waals surface area contributed by atoms with E-state index in [0.717, 1.165) is 5.52 Å². The molecule has 0 radical (unpaired) electrons. The number of hydrogen-bond donors (Lipinski definition) is 1. The molecule has 4 aromatic rings. The van der Waals surface area contributed by atoms with Gasteiger partial charge in [-0.05, 0) is 23.6 Å². The molecular formula is C17H13N5O4S2. The molecule has 0 unspecified atom stereocenters. The minimum Gasteiger partial charge on any atom is -0.454 e. The van der Waals surface area contributed by atoms with Gasteiger partial charge >= 0.3 is 0 Å². The largest absolute Gasteiger partial charge is 0.454 e. The average Bonchev–Trinajstić information content (AvgIpc) is 3.42. The monoisotopic (exact) mass is 415 g/mol. The number of carbonyl (C=O) groups is 1. The molecule has 0 bridgehead atoms. The summed E-state index contributed by atoms with van der Waals surface area (Å²) in [6.07, 6.45) is 0. The van der Waals surface area contributed by atoms with Gasteiger partial charge < -0.3 is 14.8 Å². The molecule has 1 aliphatic heterocycles. The second-order valence-electron chi connectivity index (χ2n) is 6.02. The van der Waals surface area contributed by atoms with E-state index < -0.39 is 0 Å². The van der Waals surface area contributed by atoms with Crippen LogP contribution in [0.25, 0.3) is 16.0 Å². The Morgan fingerprint density at radius 2 is 2.14 bits per heavy atom. The van der Waals surface area contributed by atoms with Gasteiger partial charge in [0.1, 0.15) is 4.70 Å². The lowest BCUT2D eigenvalue weighted by Gasteiger charge is -2.06. The fourth-order valence-electron chi connectivity index (χ4n) is 2.97. The van der Waals surface area contributed by atoms with Gasteiger partial charge in [0.05, 0.1) is 11.3 Å². The Morgan fingerprint density at radius 1 is 1.29 bits per heavy atom. The Balaban J connectivity index is 1.37. The first kappa shape index (κ1) is 17.1. The van der Waals surface area contributed by atoms with E-state index in [0.29, 0.717) is 32.8 Å². The Bertz CT molecular complexity index is 1290. The number of aromatic nitrogens is 4. The number of ether oxygens (including phenoxy) is 2. The number of aryl methyl sites for hydroxylation is 1. The average molecular weight is 415 g/mol. The van der Waals surface area contributed by atoms with Crippen LogP contribution in [0.5, 0.6) is 11.5 Å². The summed E-state index contributed by atoms with van der Waals surface area (Å²) in [5, 5.41) is 13.5. The highest BCUT2D eigenvalue weighted by atomic mass is 32.2. The van der Waals surface area contributed by atoms with E-state index in [1.807, 2.05) is 11.4 Å². The number of amides is 1.